The van der Waals surface area contributed by atoms with Crippen LogP contribution in [0, 0.1) is 0 Å². The molecular weight excluding hydrogens is 240 g/mol. The Hall–Kier alpha value is -2.17. The zero-order valence-electron chi connectivity index (χ0n) is 9.22. The molecule has 0 unspecified atom stereocenters. The maximum Gasteiger partial charge on any atom is 0.352 e. The second kappa shape index (κ2) is 3.66. The molecule has 0 saturated carbocycles. The van der Waals surface area contributed by atoms with Crippen molar-refractivity contribution in [2.24, 2.45) is 0 Å². The number of β-lactam (4-membered cyclic amide) rings is 1. The molecule has 0 aliphatic carbocycles. The number of hydrogen-bond acceptors (Lipinski definition) is 2. The molecule has 2 aromatic rings. The number of carbonyl (C=O) groups excluding carboxylic acids is 1. The fourth-order valence-electron chi connectivity index (χ4n) is 2.10. The predicted octanol–water partition coefficient (Wildman–Crippen LogP) is 3.00. The van der Waals surface area contributed by atoms with Crippen molar-refractivity contribution in [3.05, 3.63) is 54.5 Å². The van der Waals surface area contributed by atoms with Gasteiger partial charge in [-0.3, -0.25) is 9.69 Å². The lowest BCUT2D eigenvalue weighted by Crippen LogP contribution is -2.64. The van der Waals surface area contributed by atoms with Gasteiger partial charge in [0.1, 0.15) is 5.76 Å². The van der Waals surface area contributed by atoms with E-state index in [2.05, 4.69) is 0 Å². The molecule has 5 heteroatoms. The zero-order chi connectivity index (χ0) is 12.8. The van der Waals surface area contributed by atoms with Crippen molar-refractivity contribution in [2.75, 3.05) is 4.90 Å². The first-order valence-corrected chi connectivity index (χ1v) is 5.42. The molecule has 1 fully saturated rings. The molecular formula is C13H9F2NO2. The van der Waals surface area contributed by atoms with E-state index < -0.39 is 17.9 Å². The highest BCUT2D eigenvalue weighted by atomic mass is 19.3. The number of hydrogen-bond donors (Lipinski definition) is 0. The van der Waals surface area contributed by atoms with Crippen molar-refractivity contribution >= 4 is 11.6 Å². The van der Waals surface area contributed by atoms with Crippen LogP contribution in [0.15, 0.2) is 53.1 Å². The Morgan fingerprint density at radius 2 is 1.83 bits per heavy atom. The zero-order valence-corrected chi connectivity index (χ0v) is 9.22. The van der Waals surface area contributed by atoms with Crippen LogP contribution < -0.4 is 4.90 Å². The molecule has 1 atom stereocenters. The third-order valence-electron chi connectivity index (χ3n) is 2.95. The van der Waals surface area contributed by atoms with Crippen LogP contribution in [0.2, 0.25) is 0 Å². The van der Waals surface area contributed by atoms with Crippen LogP contribution in [0.4, 0.5) is 14.5 Å². The summed E-state index contributed by atoms with van der Waals surface area (Å²) in [7, 11) is 0. The lowest BCUT2D eigenvalue weighted by Gasteiger charge is -2.45. The number of nitrogens with zero attached hydrogens (tertiary/aromatic N) is 1. The van der Waals surface area contributed by atoms with Gasteiger partial charge in [0.15, 0.2) is 6.04 Å². The lowest BCUT2D eigenvalue weighted by molar-refractivity contribution is -0.164. The normalized spacial score (nSPS) is 21.8. The van der Waals surface area contributed by atoms with Crippen molar-refractivity contribution in [2.45, 2.75) is 12.0 Å². The van der Waals surface area contributed by atoms with E-state index in [0.29, 0.717) is 5.69 Å². The van der Waals surface area contributed by atoms with Crippen LogP contribution in [0.1, 0.15) is 11.8 Å². The molecule has 1 aromatic heterocycles. The lowest BCUT2D eigenvalue weighted by atomic mass is 9.93. The second-order valence-electron chi connectivity index (χ2n) is 4.05. The van der Waals surface area contributed by atoms with Gasteiger partial charge in [-0.2, -0.15) is 8.78 Å². The Morgan fingerprint density at radius 3 is 2.44 bits per heavy atom. The second-order valence-corrected chi connectivity index (χ2v) is 4.05. The summed E-state index contributed by atoms with van der Waals surface area (Å²) in [5, 5.41) is 0. The van der Waals surface area contributed by atoms with Crippen LogP contribution in [-0.4, -0.2) is 11.8 Å². The van der Waals surface area contributed by atoms with Crippen LogP contribution in [0.3, 0.4) is 0 Å². The molecule has 18 heavy (non-hydrogen) atoms. The molecule has 0 N–H and O–H groups in total. The number of carbonyl (C=O) groups is 1. The van der Waals surface area contributed by atoms with Gasteiger partial charge in [-0.1, -0.05) is 18.2 Å². The van der Waals surface area contributed by atoms with E-state index in [1.54, 1.807) is 30.3 Å². The number of benzene rings is 1. The summed E-state index contributed by atoms with van der Waals surface area (Å²) in [5.74, 6) is -4.52. The van der Waals surface area contributed by atoms with Gasteiger partial charge in [0, 0.05) is 5.69 Å². The van der Waals surface area contributed by atoms with Crippen molar-refractivity contribution in [3.8, 4) is 0 Å². The van der Waals surface area contributed by atoms with Crippen LogP contribution in [-0.2, 0) is 4.79 Å². The van der Waals surface area contributed by atoms with Crippen LogP contribution >= 0.6 is 0 Å². The van der Waals surface area contributed by atoms with Gasteiger partial charge in [-0.25, -0.2) is 0 Å². The Balaban J connectivity index is 2.02. The number of amides is 1. The molecule has 1 aliphatic heterocycles. The number of rotatable bonds is 2. The van der Waals surface area contributed by atoms with Gasteiger partial charge < -0.3 is 4.42 Å². The average molecular weight is 249 g/mol. The number of alkyl halides is 2. The number of halogens is 2. The predicted molar refractivity (Wildman–Crippen MR) is 60.3 cm³/mol. The Labute approximate surface area is 102 Å². The first kappa shape index (κ1) is 11.0. The summed E-state index contributed by atoms with van der Waals surface area (Å²) in [6.45, 7) is 0. The molecule has 3 nitrogen and oxygen atoms in total. The summed E-state index contributed by atoms with van der Waals surface area (Å²) >= 11 is 0. The van der Waals surface area contributed by atoms with E-state index >= 15 is 0 Å². The van der Waals surface area contributed by atoms with Gasteiger partial charge >= 0.3 is 11.8 Å². The van der Waals surface area contributed by atoms with E-state index in [-0.39, 0.29) is 5.76 Å². The monoisotopic (exact) mass is 249 g/mol. The maximum atomic E-state index is 13.6. The first-order chi connectivity index (χ1) is 8.62. The van der Waals surface area contributed by atoms with Crippen molar-refractivity contribution in [3.63, 3.8) is 0 Å². The SMILES string of the molecule is O=C1N(c2ccccc2)[C@H](c2ccco2)C1(F)F. The van der Waals surface area contributed by atoms with Gasteiger partial charge in [0.2, 0.25) is 0 Å². The van der Waals surface area contributed by atoms with E-state index in [4.69, 9.17) is 4.42 Å². The van der Waals surface area contributed by atoms with Crippen LogP contribution in [0.25, 0.3) is 0 Å². The Morgan fingerprint density at radius 1 is 1.11 bits per heavy atom. The smallest absolute Gasteiger partial charge is 0.352 e. The number of para-hydroxylation sites is 1. The average Bonchev–Trinajstić information content (AvgIpc) is 2.89. The van der Waals surface area contributed by atoms with Gasteiger partial charge in [-0.05, 0) is 24.3 Å². The standard InChI is InChI=1S/C13H9F2NO2/c14-13(15)11(10-7-4-8-18-10)16(12(13)17)9-5-2-1-3-6-9/h1-8,11H/t11-/m1/s1. The quantitative estimate of drug-likeness (QED) is 0.766. The Kier molecular flexibility index (Phi) is 2.23. The molecule has 92 valence electrons. The van der Waals surface area contributed by atoms with Crippen molar-refractivity contribution in [1.82, 2.24) is 0 Å². The third kappa shape index (κ3) is 1.37. The van der Waals surface area contributed by atoms with E-state index in [0.717, 1.165) is 4.90 Å². The molecule has 1 amide bonds. The van der Waals surface area contributed by atoms with E-state index in [9.17, 15) is 13.6 Å². The van der Waals surface area contributed by atoms with Gasteiger partial charge in [-0.15, -0.1) is 0 Å². The molecule has 1 saturated heterocycles. The summed E-state index contributed by atoms with van der Waals surface area (Å²) in [4.78, 5) is 12.6. The van der Waals surface area contributed by atoms with E-state index in [1.165, 1.54) is 18.4 Å². The summed E-state index contributed by atoms with van der Waals surface area (Å²) in [6, 6.07) is 9.98. The minimum atomic E-state index is -3.41. The number of anilines is 1. The van der Waals surface area contributed by atoms with Crippen LogP contribution in [0.5, 0.6) is 0 Å². The van der Waals surface area contributed by atoms with Crippen molar-refractivity contribution < 1.29 is 18.0 Å². The summed E-state index contributed by atoms with van der Waals surface area (Å²) < 4.78 is 32.3. The minimum Gasteiger partial charge on any atom is -0.467 e. The molecule has 3 rings (SSSR count). The summed E-state index contributed by atoms with van der Waals surface area (Å²) in [5.41, 5.74) is 0.440. The topological polar surface area (TPSA) is 33.5 Å². The largest absolute Gasteiger partial charge is 0.467 e. The highest BCUT2D eigenvalue weighted by Crippen LogP contribution is 2.49. The molecule has 0 bridgehead atoms. The van der Waals surface area contributed by atoms with E-state index in [1.807, 2.05) is 0 Å². The first-order valence-electron chi connectivity index (χ1n) is 5.42. The molecule has 1 aromatic carbocycles. The van der Waals surface area contributed by atoms with Crippen molar-refractivity contribution in [1.29, 1.82) is 0 Å². The summed E-state index contributed by atoms with van der Waals surface area (Å²) in [6.07, 6.45) is 1.32. The fraction of sp³-hybridized carbons (Fsp3) is 0.154. The number of furan rings is 1. The third-order valence-corrected chi connectivity index (χ3v) is 2.95. The highest BCUT2D eigenvalue weighted by Gasteiger charge is 2.65. The minimum absolute atomic E-state index is 0.0865. The Bertz CT molecular complexity index is 566. The van der Waals surface area contributed by atoms with Gasteiger partial charge in [0.25, 0.3) is 0 Å². The highest BCUT2D eigenvalue weighted by molar-refractivity contribution is 6.06. The fourth-order valence-corrected chi connectivity index (χ4v) is 2.10. The molecule has 2 heterocycles. The molecule has 0 spiro atoms. The van der Waals surface area contributed by atoms with Gasteiger partial charge in [0.05, 0.1) is 6.26 Å². The molecule has 1 aliphatic rings. The maximum absolute atomic E-state index is 13.6. The molecule has 0 radical (unpaired) electrons.